The van der Waals surface area contributed by atoms with Crippen LogP contribution < -0.4 is 0 Å². The Balaban J connectivity index is 1.55. The van der Waals surface area contributed by atoms with Gasteiger partial charge in [-0.1, -0.05) is 18.5 Å². The molecule has 0 N–H and O–H groups in total. The first-order chi connectivity index (χ1) is 11.6. The van der Waals surface area contributed by atoms with Crippen molar-refractivity contribution >= 4 is 17.5 Å². The second-order valence-electron chi connectivity index (χ2n) is 6.54. The molecule has 1 aromatic carbocycles. The zero-order chi connectivity index (χ0) is 16.9. The fraction of sp³-hybridized carbons (Fsp3) is 0.474. The van der Waals surface area contributed by atoms with Gasteiger partial charge in [-0.05, 0) is 49.4 Å². The van der Waals surface area contributed by atoms with Crippen molar-refractivity contribution in [3.8, 4) is 11.3 Å². The molecule has 1 fully saturated rings. The van der Waals surface area contributed by atoms with Crippen LogP contribution in [0.2, 0.25) is 5.02 Å². The van der Waals surface area contributed by atoms with Gasteiger partial charge in [0.15, 0.2) is 11.7 Å². The Bertz CT molecular complexity index is 681. The number of rotatable bonds is 4. The fourth-order valence-electron chi connectivity index (χ4n) is 3.06. The number of amides is 1. The summed E-state index contributed by atoms with van der Waals surface area (Å²) in [6, 6.07) is 7.44. The molecule has 24 heavy (non-hydrogen) atoms. The molecule has 5 heteroatoms. The number of oxazole rings is 1. The molecule has 1 aliphatic rings. The molecule has 3 rings (SSSR count). The van der Waals surface area contributed by atoms with Crippen molar-refractivity contribution in [1.82, 2.24) is 9.88 Å². The number of likely N-dealkylation sites (tertiary alicyclic amines) is 1. The van der Waals surface area contributed by atoms with Crippen molar-refractivity contribution in [1.29, 1.82) is 0 Å². The number of halogens is 1. The van der Waals surface area contributed by atoms with Gasteiger partial charge >= 0.3 is 0 Å². The lowest BCUT2D eigenvalue weighted by atomic mass is 10.0. The Morgan fingerprint density at radius 3 is 2.88 bits per heavy atom. The van der Waals surface area contributed by atoms with E-state index in [1.165, 1.54) is 6.42 Å². The van der Waals surface area contributed by atoms with E-state index in [-0.39, 0.29) is 5.91 Å². The Labute approximate surface area is 147 Å². The summed E-state index contributed by atoms with van der Waals surface area (Å²) in [4.78, 5) is 18.7. The van der Waals surface area contributed by atoms with Gasteiger partial charge in [0.1, 0.15) is 0 Å². The van der Waals surface area contributed by atoms with E-state index in [1.54, 1.807) is 6.20 Å². The van der Waals surface area contributed by atoms with Crippen LogP contribution in [0.5, 0.6) is 0 Å². The molecule has 1 aliphatic heterocycles. The summed E-state index contributed by atoms with van der Waals surface area (Å²) in [6.07, 6.45) is 6.12. The van der Waals surface area contributed by atoms with Gasteiger partial charge in [-0.15, -0.1) is 0 Å². The summed E-state index contributed by atoms with van der Waals surface area (Å²) < 4.78 is 5.76. The van der Waals surface area contributed by atoms with Crippen molar-refractivity contribution in [2.24, 2.45) is 5.92 Å². The highest BCUT2D eigenvalue weighted by Gasteiger charge is 2.19. The van der Waals surface area contributed by atoms with Crippen molar-refractivity contribution in [2.75, 3.05) is 13.1 Å². The molecular weight excluding hydrogens is 324 g/mol. The second-order valence-corrected chi connectivity index (χ2v) is 6.98. The van der Waals surface area contributed by atoms with Crippen LogP contribution in [0.15, 0.2) is 34.9 Å². The Morgan fingerprint density at radius 1 is 1.29 bits per heavy atom. The van der Waals surface area contributed by atoms with E-state index in [0.717, 1.165) is 37.4 Å². The molecule has 4 nitrogen and oxygen atoms in total. The van der Waals surface area contributed by atoms with Gasteiger partial charge < -0.3 is 9.32 Å². The molecule has 0 bridgehead atoms. The average Bonchev–Trinajstić information content (AvgIpc) is 2.94. The van der Waals surface area contributed by atoms with Crippen LogP contribution in [-0.2, 0) is 11.2 Å². The molecule has 0 radical (unpaired) electrons. The van der Waals surface area contributed by atoms with Crippen molar-refractivity contribution in [3.05, 3.63) is 41.4 Å². The van der Waals surface area contributed by atoms with E-state index in [4.69, 9.17) is 16.0 Å². The van der Waals surface area contributed by atoms with E-state index in [1.807, 2.05) is 29.2 Å². The second kappa shape index (κ2) is 7.84. The zero-order valence-corrected chi connectivity index (χ0v) is 14.8. The topological polar surface area (TPSA) is 46.3 Å². The molecule has 0 aliphatic carbocycles. The molecule has 0 saturated carbocycles. The van der Waals surface area contributed by atoms with E-state index in [9.17, 15) is 4.79 Å². The van der Waals surface area contributed by atoms with Crippen LogP contribution in [0, 0.1) is 5.92 Å². The third-order valence-corrected chi connectivity index (χ3v) is 4.86. The highest BCUT2D eigenvalue weighted by Crippen LogP contribution is 2.23. The lowest BCUT2D eigenvalue weighted by molar-refractivity contribution is -0.131. The fourth-order valence-corrected chi connectivity index (χ4v) is 3.18. The maximum absolute atomic E-state index is 12.4. The molecule has 1 amide bonds. The Kier molecular flexibility index (Phi) is 5.56. The molecule has 0 unspecified atom stereocenters. The van der Waals surface area contributed by atoms with Crippen LogP contribution >= 0.6 is 11.6 Å². The Morgan fingerprint density at radius 2 is 2.08 bits per heavy atom. The van der Waals surface area contributed by atoms with Crippen LogP contribution in [0.25, 0.3) is 11.3 Å². The van der Waals surface area contributed by atoms with E-state index >= 15 is 0 Å². The third-order valence-electron chi connectivity index (χ3n) is 4.60. The van der Waals surface area contributed by atoms with Gasteiger partial charge in [0.05, 0.1) is 6.20 Å². The number of hydrogen-bond acceptors (Lipinski definition) is 3. The van der Waals surface area contributed by atoms with Gasteiger partial charge in [-0.2, -0.15) is 0 Å². The maximum Gasteiger partial charge on any atom is 0.223 e. The molecule has 2 heterocycles. The molecular formula is C19H23ClN2O2. The summed E-state index contributed by atoms with van der Waals surface area (Å²) in [5, 5.41) is 0.691. The van der Waals surface area contributed by atoms with Crippen molar-refractivity contribution < 1.29 is 9.21 Å². The number of carbonyl (C=O) groups excluding carboxylic acids is 1. The maximum atomic E-state index is 12.4. The Hall–Kier alpha value is -1.81. The predicted molar refractivity (Wildman–Crippen MR) is 94.9 cm³/mol. The molecule has 1 aromatic heterocycles. The summed E-state index contributed by atoms with van der Waals surface area (Å²) in [5.74, 6) is 2.24. The molecule has 128 valence electrons. The SMILES string of the molecule is C[C@H]1CCCN(C(=O)CCc2ncc(-c3ccc(Cl)cc3)o2)CC1. The summed E-state index contributed by atoms with van der Waals surface area (Å²) in [6.45, 7) is 4.02. The third kappa shape index (κ3) is 4.38. The zero-order valence-electron chi connectivity index (χ0n) is 14.0. The van der Waals surface area contributed by atoms with Crippen LogP contribution in [0.1, 0.15) is 38.5 Å². The summed E-state index contributed by atoms with van der Waals surface area (Å²) >= 11 is 5.89. The predicted octanol–water partition coefficient (Wildman–Crippen LogP) is 4.58. The average molecular weight is 347 g/mol. The van der Waals surface area contributed by atoms with E-state index < -0.39 is 0 Å². The van der Waals surface area contributed by atoms with E-state index in [0.29, 0.717) is 29.5 Å². The first-order valence-electron chi connectivity index (χ1n) is 8.60. The van der Waals surface area contributed by atoms with E-state index in [2.05, 4.69) is 11.9 Å². The van der Waals surface area contributed by atoms with Gasteiger partial charge in [-0.25, -0.2) is 4.98 Å². The summed E-state index contributed by atoms with van der Waals surface area (Å²) in [5.41, 5.74) is 0.936. The lowest BCUT2D eigenvalue weighted by Crippen LogP contribution is -2.32. The standard InChI is InChI=1S/C19H23ClN2O2/c1-14-3-2-11-22(12-10-14)19(23)9-8-18-21-13-17(24-18)15-4-6-16(20)7-5-15/h4-7,13-14H,2-3,8-12H2,1H3/t14-/m0/s1. The number of aryl methyl sites for hydroxylation is 1. The monoisotopic (exact) mass is 346 g/mol. The summed E-state index contributed by atoms with van der Waals surface area (Å²) in [7, 11) is 0. The van der Waals surface area contributed by atoms with Crippen molar-refractivity contribution in [2.45, 2.75) is 39.0 Å². The number of carbonyl (C=O) groups is 1. The lowest BCUT2D eigenvalue weighted by Gasteiger charge is -2.20. The first kappa shape index (κ1) is 17.0. The van der Waals surface area contributed by atoms with Crippen LogP contribution in [0.4, 0.5) is 0 Å². The van der Waals surface area contributed by atoms with Gasteiger partial charge in [0.2, 0.25) is 5.91 Å². The quantitative estimate of drug-likeness (QED) is 0.814. The highest BCUT2D eigenvalue weighted by atomic mass is 35.5. The highest BCUT2D eigenvalue weighted by molar-refractivity contribution is 6.30. The van der Waals surface area contributed by atoms with Crippen LogP contribution in [0.3, 0.4) is 0 Å². The minimum absolute atomic E-state index is 0.204. The molecule has 2 aromatic rings. The smallest absolute Gasteiger partial charge is 0.223 e. The number of nitrogens with zero attached hydrogens (tertiary/aromatic N) is 2. The molecule has 1 atom stereocenters. The molecule has 1 saturated heterocycles. The van der Waals surface area contributed by atoms with Gasteiger partial charge in [-0.3, -0.25) is 4.79 Å². The number of aromatic nitrogens is 1. The number of hydrogen-bond donors (Lipinski definition) is 0. The normalized spacial score (nSPS) is 18.4. The van der Waals surface area contributed by atoms with Gasteiger partial charge in [0.25, 0.3) is 0 Å². The minimum Gasteiger partial charge on any atom is -0.441 e. The minimum atomic E-state index is 0.204. The largest absolute Gasteiger partial charge is 0.441 e. The first-order valence-corrected chi connectivity index (χ1v) is 8.98. The number of benzene rings is 1. The van der Waals surface area contributed by atoms with Gasteiger partial charge in [0, 0.05) is 36.5 Å². The van der Waals surface area contributed by atoms with Crippen molar-refractivity contribution in [3.63, 3.8) is 0 Å². The van der Waals surface area contributed by atoms with Crippen LogP contribution in [-0.4, -0.2) is 28.9 Å². The molecule has 0 spiro atoms.